The van der Waals surface area contributed by atoms with Gasteiger partial charge in [-0.1, -0.05) is 19.1 Å². The minimum atomic E-state index is 0.423. The highest BCUT2D eigenvalue weighted by Crippen LogP contribution is 2.22. The van der Waals surface area contributed by atoms with Gasteiger partial charge in [0.15, 0.2) is 0 Å². The summed E-state index contributed by atoms with van der Waals surface area (Å²) in [6.45, 7) is 2.55. The van der Waals surface area contributed by atoms with E-state index in [9.17, 15) is 0 Å². The lowest BCUT2D eigenvalue weighted by molar-refractivity contribution is 0.480. The lowest BCUT2D eigenvalue weighted by atomic mass is 10.2. The van der Waals surface area contributed by atoms with Crippen LogP contribution in [0.3, 0.4) is 0 Å². The predicted molar refractivity (Wildman–Crippen MR) is 68.0 cm³/mol. The minimum Gasteiger partial charge on any atom is -0.457 e. The van der Waals surface area contributed by atoms with Crippen molar-refractivity contribution in [3.8, 4) is 11.5 Å². The number of hydrogen-bond donors (Lipinski definition) is 1. The summed E-state index contributed by atoms with van der Waals surface area (Å²) >= 11 is 0. The van der Waals surface area contributed by atoms with Gasteiger partial charge in [-0.2, -0.15) is 0 Å². The van der Waals surface area contributed by atoms with Crippen LogP contribution in [-0.2, 0) is 13.0 Å². The van der Waals surface area contributed by atoms with Gasteiger partial charge in [0.05, 0.1) is 5.69 Å². The van der Waals surface area contributed by atoms with Crippen LogP contribution in [0.5, 0.6) is 11.5 Å². The number of nitrogens with zero attached hydrogens (tertiary/aromatic N) is 1. The van der Waals surface area contributed by atoms with Gasteiger partial charge in [0.2, 0.25) is 0 Å². The zero-order valence-electron chi connectivity index (χ0n) is 9.89. The molecule has 1 aromatic heterocycles. The Hall–Kier alpha value is -1.87. The van der Waals surface area contributed by atoms with Gasteiger partial charge in [-0.15, -0.1) is 0 Å². The van der Waals surface area contributed by atoms with Crippen LogP contribution in [0.4, 0.5) is 0 Å². The molecule has 0 aliphatic rings. The largest absolute Gasteiger partial charge is 0.457 e. The molecule has 0 radical (unpaired) electrons. The molecule has 2 rings (SSSR count). The molecule has 0 saturated carbocycles. The average Bonchev–Trinajstić information content (AvgIpc) is 2.39. The summed E-state index contributed by atoms with van der Waals surface area (Å²) in [5.41, 5.74) is 7.63. The minimum absolute atomic E-state index is 0.423. The number of aromatic nitrogens is 1. The standard InChI is InChI=1S/C14H16N2O/c1-2-11-4-3-5-13(8-11)17-14-6-7-16-12(9-14)10-15/h3-9H,2,10,15H2,1H3. The van der Waals surface area contributed by atoms with Gasteiger partial charge in [-0.3, -0.25) is 4.98 Å². The average molecular weight is 228 g/mol. The first-order valence-electron chi connectivity index (χ1n) is 5.73. The van der Waals surface area contributed by atoms with Gasteiger partial charge < -0.3 is 10.5 Å². The second-order valence-corrected chi connectivity index (χ2v) is 3.79. The van der Waals surface area contributed by atoms with Crippen molar-refractivity contribution in [2.45, 2.75) is 19.9 Å². The normalized spacial score (nSPS) is 10.2. The van der Waals surface area contributed by atoms with E-state index in [1.807, 2.05) is 30.3 Å². The van der Waals surface area contributed by atoms with Crippen LogP contribution >= 0.6 is 0 Å². The van der Waals surface area contributed by atoms with E-state index < -0.39 is 0 Å². The molecule has 0 amide bonds. The van der Waals surface area contributed by atoms with Crippen LogP contribution in [0, 0.1) is 0 Å². The van der Waals surface area contributed by atoms with Crippen LogP contribution in [-0.4, -0.2) is 4.98 Å². The highest BCUT2D eigenvalue weighted by molar-refractivity contribution is 5.34. The van der Waals surface area contributed by atoms with E-state index in [-0.39, 0.29) is 0 Å². The fourth-order valence-electron chi connectivity index (χ4n) is 1.60. The first kappa shape index (κ1) is 11.6. The van der Waals surface area contributed by atoms with E-state index in [2.05, 4.69) is 18.0 Å². The topological polar surface area (TPSA) is 48.1 Å². The molecule has 17 heavy (non-hydrogen) atoms. The van der Waals surface area contributed by atoms with Crippen molar-refractivity contribution in [1.82, 2.24) is 4.98 Å². The highest BCUT2D eigenvalue weighted by atomic mass is 16.5. The number of nitrogens with two attached hydrogens (primary N) is 1. The lowest BCUT2D eigenvalue weighted by Crippen LogP contribution is -1.99. The molecule has 0 atom stereocenters. The second kappa shape index (κ2) is 5.46. The Morgan fingerprint density at radius 1 is 1.18 bits per heavy atom. The molecule has 1 heterocycles. The maximum Gasteiger partial charge on any atom is 0.130 e. The lowest BCUT2D eigenvalue weighted by Gasteiger charge is -2.07. The fraction of sp³-hybridized carbons (Fsp3) is 0.214. The van der Waals surface area contributed by atoms with Crippen LogP contribution in [0.1, 0.15) is 18.2 Å². The van der Waals surface area contributed by atoms with Crippen molar-refractivity contribution in [2.24, 2.45) is 5.73 Å². The van der Waals surface area contributed by atoms with E-state index in [4.69, 9.17) is 10.5 Å². The number of aryl methyl sites for hydroxylation is 1. The molecule has 0 unspecified atom stereocenters. The van der Waals surface area contributed by atoms with Crippen molar-refractivity contribution in [3.63, 3.8) is 0 Å². The van der Waals surface area contributed by atoms with Gasteiger partial charge in [0, 0.05) is 18.8 Å². The van der Waals surface area contributed by atoms with Crippen molar-refractivity contribution in [3.05, 3.63) is 53.9 Å². The van der Waals surface area contributed by atoms with Crippen molar-refractivity contribution >= 4 is 0 Å². The molecule has 3 nitrogen and oxygen atoms in total. The molecule has 0 fully saturated rings. The monoisotopic (exact) mass is 228 g/mol. The Morgan fingerprint density at radius 3 is 2.76 bits per heavy atom. The molecule has 2 aromatic rings. The Balaban J connectivity index is 2.18. The summed E-state index contributed by atoms with van der Waals surface area (Å²) < 4.78 is 5.77. The maximum atomic E-state index is 5.77. The Kier molecular flexibility index (Phi) is 3.73. The van der Waals surface area contributed by atoms with E-state index in [1.165, 1.54) is 5.56 Å². The molecule has 0 bridgehead atoms. The van der Waals surface area contributed by atoms with Gasteiger partial charge in [0.25, 0.3) is 0 Å². The van der Waals surface area contributed by atoms with Crippen LogP contribution in [0.15, 0.2) is 42.6 Å². The van der Waals surface area contributed by atoms with Crippen molar-refractivity contribution in [1.29, 1.82) is 0 Å². The summed E-state index contributed by atoms with van der Waals surface area (Å²) in [5.74, 6) is 1.62. The van der Waals surface area contributed by atoms with Gasteiger partial charge in [-0.05, 0) is 30.2 Å². The molecular formula is C14H16N2O. The van der Waals surface area contributed by atoms with Gasteiger partial charge >= 0.3 is 0 Å². The van der Waals surface area contributed by atoms with Crippen LogP contribution < -0.4 is 10.5 Å². The van der Waals surface area contributed by atoms with Gasteiger partial charge in [-0.25, -0.2) is 0 Å². The van der Waals surface area contributed by atoms with Crippen LogP contribution in [0.2, 0.25) is 0 Å². The van der Waals surface area contributed by atoms with Crippen molar-refractivity contribution < 1.29 is 4.74 Å². The summed E-state index contributed by atoms with van der Waals surface area (Å²) in [4.78, 5) is 4.13. The fourth-order valence-corrected chi connectivity index (χ4v) is 1.60. The van der Waals surface area contributed by atoms with Gasteiger partial charge in [0.1, 0.15) is 11.5 Å². The molecular weight excluding hydrogens is 212 g/mol. The van der Waals surface area contributed by atoms with E-state index in [1.54, 1.807) is 6.20 Å². The first-order chi connectivity index (χ1) is 8.31. The van der Waals surface area contributed by atoms with Crippen LogP contribution in [0.25, 0.3) is 0 Å². The maximum absolute atomic E-state index is 5.77. The molecule has 88 valence electrons. The Labute approximate surface area is 101 Å². The Bertz CT molecular complexity index is 452. The third kappa shape index (κ3) is 3.04. The molecule has 2 N–H and O–H groups in total. The zero-order valence-corrected chi connectivity index (χ0v) is 9.89. The Morgan fingerprint density at radius 2 is 2.00 bits per heavy atom. The zero-order chi connectivity index (χ0) is 12.1. The summed E-state index contributed by atoms with van der Waals surface area (Å²) in [6.07, 6.45) is 2.71. The summed E-state index contributed by atoms with van der Waals surface area (Å²) in [7, 11) is 0. The molecule has 0 aliphatic heterocycles. The predicted octanol–water partition coefficient (Wildman–Crippen LogP) is 2.90. The number of hydrogen-bond acceptors (Lipinski definition) is 3. The quantitative estimate of drug-likeness (QED) is 0.875. The van der Waals surface area contributed by atoms with E-state index in [0.29, 0.717) is 6.54 Å². The molecule has 1 aromatic carbocycles. The number of benzene rings is 1. The summed E-state index contributed by atoms with van der Waals surface area (Å²) in [5, 5.41) is 0. The molecule has 0 aliphatic carbocycles. The SMILES string of the molecule is CCc1cccc(Oc2ccnc(CN)c2)c1. The molecule has 0 spiro atoms. The molecule has 0 saturated heterocycles. The third-order valence-electron chi connectivity index (χ3n) is 2.54. The number of rotatable bonds is 4. The number of ether oxygens (including phenoxy) is 1. The number of pyridine rings is 1. The second-order valence-electron chi connectivity index (χ2n) is 3.79. The highest BCUT2D eigenvalue weighted by Gasteiger charge is 2.00. The molecule has 3 heteroatoms. The van der Waals surface area contributed by atoms with E-state index in [0.717, 1.165) is 23.6 Å². The summed E-state index contributed by atoms with van der Waals surface area (Å²) in [6, 6.07) is 11.8. The smallest absolute Gasteiger partial charge is 0.130 e. The van der Waals surface area contributed by atoms with Crippen molar-refractivity contribution in [2.75, 3.05) is 0 Å². The first-order valence-corrected chi connectivity index (χ1v) is 5.73. The van der Waals surface area contributed by atoms with E-state index >= 15 is 0 Å². The third-order valence-corrected chi connectivity index (χ3v) is 2.54.